The number of guanidine groups is 1. The predicted octanol–water partition coefficient (Wildman–Crippen LogP) is 5.33. The second kappa shape index (κ2) is 11.6. The first kappa shape index (κ1) is 29.4. The molecule has 3 N–H and O–H groups in total. The van der Waals surface area contributed by atoms with Crippen LogP contribution in [0.1, 0.15) is 63.4 Å². The van der Waals surface area contributed by atoms with Gasteiger partial charge < -0.3 is 25.6 Å². The predicted molar refractivity (Wildman–Crippen MR) is 163 cm³/mol. The highest BCUT2D eigenvalue weighted by Gasteiger charge is 2.63. The maximum atomic E-state index is 14.2. The van der Waals surface area contributed by atoms with E-state index >= 15 is 0 Å². The summed E-state index contributed by atoms with van der Waals surface area (Å²) in [5.74, 6) is 2.14. The van der Waals surface area contributed by atoms with Crippen molar-refractivity contribution in [3.8, 4) is 5.75 Å². The number of fused-ring (bicyclic) bond motifs is 2. The lowest BCUT2D eigenvalue weighted by atomic mass is 9.37. The van der Waals surface area contributed by atoms with Crippen LogP contribution in [0.5, 0.6) is 5.75 Å². The number of hydrogen-bond acceptors (Lipinski definition) is 4. The van der Waals surface area contributed by atoms with Crippen molar-refractivity contribution in [1.29, 1.82) is 0 Å². The van der Waals surface area contributed by atoms with Gasteiger partial charge in [0.05, 0.1) is 13.2 Å². The molecular weight excluding hydrogens is 517 g/mol. The minimum absolute atomic E-state index is 0.179. The summed E-state index contributed by atoms with van der Waals surface area (Å²) >= 11 is 0. The third-order valence-corrected chi connectivity index (χ3v) is 10.4. The molecule has 0 unspecified atom stereocenters. The number of nitrogens with one attached hydrogen (secondary N) is 3. The Balaban J connectivity index is 1.24. The molecule has 41 heavy (non-hydrogen) atoms. The Labute approximate surface area is 244 Å². The van der Waals surface area contributed by atoms with Gasteiger partial charge in [0.1, 0.15) is 11.6 Å². The molecule has 3 aliphatic carbocycles. The summed E-state index contributed by atoms with van der Waals surface area (Å²) in [5, 5.41) is 10.0. The Hall–Kier alpha value is -3.13. The Morgan fingerprint density at radius 2 is 1.90 bits per heavy atom. The molecule has 2 bridgehead atoms. The normalized spacial score (nSPS) is 29.0. The molecular formula is C33H46FN5O2. The average Bonchev–Trinajstić information content (AvgIpc) is 2.95. The molecule has 0 radical (unpaired) electrons. The van der Waals surface area contributed by atoms with E-state index in [2.05, 4.69) is 55.5 Å². The fourth-order valence-electron chi connectivity index (χ4n) is 7.17. The summed E-state index contributed by atoms with van der Waals surface area (Å²) in [6.45, 7) is 15.0. The molecule has 7 nitrogen and oxygen atoms in total. The van der Waals surface area contributed by atoms with Crippen LogP contribution in [0.15, 0.2) is 47.5 Å². The number of hydrogen-bond donors (Lipinski definition) is 3. The Kier molecular flexibility index (Phi) is 8.33. The van der Waals surface area contributed by atoms with Crippen molar-refractivity contribution >= 4 is 17.6 Å². The van der Waals surface area contributed by atoms with Crippen molar-refractivity contribution in [1.82, 2.24) is 15.5 Å². The summed E-state index contributed by atoms with van der Waals surface area (Å²) in [7, 11) is 1.51. The van der Waals surface area contributed by atoms with Crippen LogP contribution in [0.3, 0.4) is 0 Å². The number of benzene rings is 2. The van der Waals surface area contributed by atoms with Crippen LogP contribution in [0.2, 0.25) is 0 Å². The SMILES string of the molecule is COc1ccc(CCNC(=O)c2ccc(NC(=N[C@H]3C[C@@]4(C)C[C@@H]([C@@H]3C)C4(C)C)N3CCN[C@@H](C)C3)cc2)c(F)c1. The van der Waals surface area contributed by atoms with Gasteiger partial charge >= 0.3 is 0 Å². The summed E-state index contributed by atoms with van der Waals surface area (Å²) in [6.07, 6.45) is 2.82. The van der Waals surface area contributed by atoms with Gasteiger partial charge in [-0.05, 0) is 84.7 Å². The third-order valence-electron chi connectivity index (χ3n) is 10.4. The second-order valence-electron chi connectivity index (χ2n) is 13.1. The van der Waals surface area contributed by atoms with Gasteiger partial charge in [0.25, 0.3) is 5.91 Å². The van der Waals surface area contributed by atoms with E-state index < -0.39 is 0 Å². The Morgan fingerprint density at radius 1 is 1.15 bits per heavy atom. The van der Waals surface area contributed by atoms with E-state index in [1.807, 2.05) is 24.3 Å². The number of nitrogens with zero attached hydrogens (tertiary/aromatic N) is 2. The van der Waals surface area contributed by atoms with Crippen molar-refractivity contribution < 1.29 is 13.9 Å². The van der Waals surface area contributed by atoms with Crippen LogP contribution in [-0.2, 0) is 6.42 Å². The molecule has 1 aliphatic heterocycles. The fraction of sp³-hybridized carbons (Fsp3) is 0.576. The van der Waals surface area contributed by atoms with Crippen molar-refractivity contribution in [2.75, 3.05) is 38.6 Å². The minimum Gasteiger partial charge on any atom is -0.497 e. The minimum atomic E-state index is -0.331. The molecule has 0 aromatic heterocycles. The van der Waals surface area contributed by atoms with E-state index in [0.717, 1.165) is 37.7 Å². The van der Waals surface area contributed by atoms with E-state index in [0.29, 0.717) is 64.6 Å². The van der Waals surface area contributed by atoms with Gasteiger partial charge in [-0.1, -0.05) is 33.8 Å². The molecule has 1 saturated heterocycles. The molecule has 2 aromatic rings. The summed E-state index contributed by atoms with van der Waals surface area (Å²) in [4.78, 5) is 20.5. The Bertz CT molecular complexity index is 1280. The fourth-order valence-corrected chi connectivity index (χ4v) is 7.17. The molecule has 4 aliphatic rings. The van der Waals surface area contributed by atoms with Crippen LogP contribution in [0.4, 0.5) is 10.1 Å². The second-order valence-corrected chi connectivity index (χ2v) is 13.1. The first-order chi connectivity index (χ1) is 19.5. The molecule has 1 amide bonds. The van der Waals surface area contributed by atoms with Gasteiger partial charge in [0.15, 0.2) is 5.96 Å². The standard InChI is InChI=1S/C33H46FN5O2/c1-21-20-39(16-15-35-21)31(38-29-19-33(5)18-27(22(29)2)32(33,3)4)37-25-10-7-24(8-11-25)30(40)36-14-13-23-9-12-26(41-6)17-28(23)34/h7-12,17,21-22,27,29,35H,13-16,18-20H2,1-6H3,(H,36,40)(H,37,38)/t21-,22-,27-,29-,33+/m0/s1. The van der Waals surface area contributed by atoms with Crippen molar-refractivity contribution in [2.45, 2.75) is 66.0 Å². The van der Waals surface area contributed by atoms with E-state index in [9.17, 15) is 9.18 Å². The van der Waals surface area contributed by atoms with Gasteiger partial charge in [-0.3, -0.25) is 4.79 Å². The summed E-state index contributed by atoms with van der Waals surface area (Å²) < 4.78 is 19.3. The highest BCUT2D eigenvalue weighted by molar-refractivity contribution is 5.96. The number of methoxy groups -OCH3 is 1. The topological polar surface area (TPSA) is 78.0 Å². The maximum absolute atomic E-state index is 14.2. The molecule has 8 heteroatoms. The number of aliphatic imine (C=N–C) groups is 1. The molecule has 0 spiro atoms. The lowest BCUT2D eigenvalue weighted by Gasteiger charge is -2.68. The number of amides is 1. The van der Waals surface area contributed by atoms with Crippen LogP contribution >= 0.6 is 0 Å². The summed E-state index contributed by atoms with van der Waals surface area (Å²) in [6, 6.07) is 13.0. The average molecular weight is 564 g/mol. The van der Waals surface area contributed by atoms with Gasteiger partial charge in [0.2, 0.25) is 0 Å². The lowest BCUT2D eigenvalue weighted by Crippen LogP contribution is -2.63. The molecule has 2 aromatic carbocycles. The number of ether oxygens (including phenoxy) is 1. The van der Waals surface area contributed by atoms with E-state index in [1.54, 1.807) is 12.1 Å². The summed E-state index contributed by atoms with van der Waals surface area (Å²) in [5.41, 5.74) is 2.73. The van der Waals surface area contributed by atoms with Crippen molar-refractivity contribution in [2.24, 2.45) is 27.7 Å². The largest absolute Gasteiger partial charge is 0.497 e. The van der Waals surface area contributed by atoms with Crippen LogP contribution in [0.25, 0.3) is 0 Å². The molecule has 6 rings (SSSR count). The van der Waals surface area contributed by atoms with Gasteiger partial charge in [-0.25, -0.2) is 9.38 Å². The zero-order valence-corrected chi connectivity index (χ0v) is 25.4. The van der Waals surface area contributed by atoms with Gasteiger partial charge in [0, 0.05) is 49.5 Å². The quantitative estimate of drug-likeness (QED) is 0.314. The van der Waals surface area contributed by atoms with Crippen LogP contribution in [-0.4, -0.2) is 62.1 Å². The number of halogens is 1. The van der Waals surface area contributed by atoms with Gasteiger partial charge in [-0.15, -0.1) is 0 Å². The van der Waals surface area contributed by atoms with Crippen LogP contribution in [0, 0.1) is 28.5 Å². The Morgan fingerprint density at radius 3 is 2.56 bits per heavy atom. The highest BCUT2D eigenvalue weighted by atomic mass is 19.1. The molecule has 222 valence electrons. The lowest BCUT2D eigenvalue weighted by molar-refractivity contribution is -0.181. The zero-order valence-electron chi connectivity index (χ0n) is 25.4. The molecule has 1 heterocycles. The molecule has 3 saturated carbocycles. The number of anilines is 1. The smallest absolute Gasteiger partial charge is 0.251 e. The number of carbonyl (C=O) groups is 1. The zero-order chi connectivity index (χ0) is 29.4. The first-order valence-corrected chi connectivity index (χ1v) is 15.0. The highest BCUT2D eigenvalue weighted by Crippen LogP contribution is 2.69. The van der Waals surface area contributed by atoms with Crippen molar-refractivity contribution in [3.63, 3.8) is 0 Å². The van der Waals surface area contributed by atoms with Crippen molar-refractivity contribution in [3.05, 3.63) is 59.4 Å². The first-order valence-electron chi connectivity index (χ1n) is 15.0. The number of rotatable bonds is 7. The number of carbonyl (C=O) groups excluding carboxylic acids is 1. The van der Waals surface area contributed by atoms with Gasteiger partial charge in [-0.2, -0.15) is 0 Å². The number of piperazine rings is 1. The van der Waals surface area contributed by atoms with E-state index in [-0.39, 0.29) is 11.7 Å². The molecule has 4 fully saturated rings. The maximum Gasteiger partial charge on any atom is 0.251 e. The van der Waals surface area contributed by atoms with Crippen LogP contribution < -0.4 is 20.7 Å². The monoisotopic (exact) mass is 563 g/mol. The van der Waals surface area contributed by atoms with E-state index in [1.165, 1.54) is 19.6 Å². The van der Waals surface area contributed by atoms with E-state index in [4.69, 9.17) is 9.73 Å². The third kappa shape index (κ3) is 5.94. The molecule has 5 atom stereocenters.